The molecular weight excluding hydrogens is 328 g/mol. The third kappa shape index (κ3) is 2.10. The zero-order valence-corrected chi connectivity index (χ0v) is 14.5. The molecular formula is C17H23BrN2O. The Kier molecular flexibility index (Phi) is 3.36. The number of fused-ring (bicyclic) bond motifs is 2. The van der Waals surface area contributed by atoms with E-state index >= 15 is 0 Å². The summed E-state index contributed by atoms with van der Waals surface area (Å²) in [7, 11) is 0. The van der Waals surface area contributed by atoms with Crippen LogP contribution in [-0.2, 0) is 0 Å². The quantitative estimate of drug-likeness (QED) is 0.629. The maximum atomic E-state index is 7.75. The Bertz CT molecular complexity index is 598. The Balaban J connectivity index is 1.91. The molecule has 3 unspecified atom stereocenters. The van der Waals surface area contributed by atoms with Crippen LogP contribution in [0.3, 0.4) is 0 Å². The second kappa shape index (κ2) is 4.73. The Morgan fingerprint density at radius 1 is 1.38 bits per heavy atom. The fourth-order valence-corrected chi connectivity index (χ4v) is 4.64. The van der Waals surface area contributed by atoms with Gasteiger partial charge in [0.1, 0.15) is 17.7 Å². The first-order valence-corrected chi connectivity index (χ1v) is 8.35. The monoisotopic (exact) mass is 350 g/mol. The van der Waals surface area contributed by atoms with Crippen LogP contribution in [0.4, 0.5) is 0 Å². The highest BCUT2D eigenvalue weighted by Crippen LogP contribution is 2.66. The summed E-state index contributed by atoms with van der Waals surface area (Å²) in [6.45, 7) is 7.11. The summed E-state index contributed by atoms with van der Waals surface area (Å²) >= 11 is 3.43. The lowest BCUT2D eigenvalue weighted by Crippen LogP contribution is -2.39. The zero-order valence-electron chi connectivity index (χ0n) is 12.9. The summed E-state index contributed by atoms with van der Waals surface area (Å²) in [6.07, 6.45) is 3.85. The first kappa shape index (κ1) is 14.9. The molecule has 0 saturated heterocycles. The second-order valence-corrected chi connectivity index (χ2v) is 8.19. The van der Waals surface area contributed by atoms with Crippen LogP contribution in [0, 0.1) is 22.2 Å². The van der Waals surface area contributed by atoms with Crippen molar-refractivity contribution >= 4 is 21.8 Å². The molecule has 2 fully saturated rings. The SMILES string of the molecule is CC1(C)C2CCC1(C)C(Oc1ccc(Br)cc1C(=N)N)C2. The van der Waals surface area contributed by atoms with Crippen molar-refractivity contribution in [3.63, 3.8) is 0 Å². The molecule has 2 bridgehead atoms. The molecule has 3 rings (SSSR count). The first-order chi connectivity index (χ1) is 9.75. The van der Waals surface area contributed by atoms with Gasteiger partial charge >= 0.3 is 0 Å². The van der Waals surface area contributed by atoms with Gasteiger partial charge in [0, 0.05) is 9.89 Å². The minimum atomic E-state index is 0.0545. The smallest absolute Gasteiger partial charge is 0.130 e. The van der Waals surface area contributed by atoms with E-state index in [4.69, 9.17) is 15.9 Å². The molecule has 3 nitrogen and oxygen atoms in total. The average molecular weight is 351 g/mol. The number of hydrogen-bond acceptors (Lipinski definition) is 2. The van der Waals surface area contributed by atoms with Crippen LogP contribution in [0.25, 0.3) is 0 Å². The van der Waals surface area contributed by atoms with E-state index in [0.717, 1.165) is 22.6 Å². The van der Waals surface area contributed by atoms with Crippen molar-refractivity contribution < 1.29 is 4.74 Å². The maximum Gasteiger partial charge on any atom is 0.130 e. The van der Waals surface area contributed by atoms with E-state index in [0.29, 0.717) is 11.0 Å². The number of ether oxygens (including phenoxy) is 1. The summed E-state index contributed by atoms with van der Waals surface area (Å²) in [5.74, 6) is 1.53. The molecule has 0 heterocycles. The zero-order chi connectivity index (χ0) is 15.4. The fraction of sp³-hybridized carbons (Fsp3) is 0.588. The third-order valence-corrected chi connectivity index (χ3v) is 6.71. The van der Waals surface area contributed by atoms with Crippen molar-refractivity contribution in [1.29, 1.82) is 5.41 Å². The summed E-state index contributed by atoms with van der Waals surface area (Å²) in [5, 5.41) is 7.75. The second-order valence-electron chi connectivity index (χ2n) is 7.27. The van der Waals surface area contributed by atoms with Gasteiger partial charge in [-0.15, -0.1) is 0 Å². The van der Waals surface area contributed by atoms with Crippen LogP contribution in [0.2, 0.25) is 0 Å². The van der Waals surface area contributed by atoms with Gasteiger partial charge in [-0.3, -0.25) is 5.41 Å². The van der Waals surface area contributed by atoms with Crippen molar-refractivity contribution in [3.05, 3.63) is 28.2 Å². The van der Waals surface area contributed by atoms with E-state index in [-0.39, 0.29) is 17.4 Å². The van der Waals surface area contributed by atoms with Crippen molar-refractivity contribution in [2.45, 2.75) is 46.1 Å². The van der Waals surface area contributed by atoms with E-state index < -0.39 is 0 Å². The number of halogens is 1. The Hall–Kier alpha value is -1.03. The van der Waals surface area contributed by atoms with Gasteiger partial charge in [-0.1, -0.05) is 36.7 Å². The lowest BCUT2D eigenvalue weighted by atomic mass is 9.70. The van der Waals surface area contributed by atoms with E-state index in [2.05, 4.69) is 36.7 Å². The molecule has 21 heavy (non-hydrogen) atoms. The van der Waals surface area contributed by atoms with E-state index in [1.54, 1.807) is 0 Å². The van der Waals surface area contributed by atoms with Gasteiger partial charge in [0.15, 0.2) is 0 Å². The summed E-state index contributed by atoms with van der Waals surface area (Å²) in [5.41, 5.74) is 6.91. The molecule has 0 radical (unpaired) electrons. The number of nitrogen functional groups attached to an aromatic ring is 1. The number of hydrogen-bond donors (Lipinski definition) is 2. The third-order valence-electron chi connectivity index (χ3n) is 6.21. The number of amidine groups is 1. The number of nitrogens with two attached hydrogens (primary N) is 1. The van der Waals surface area contributed by atoms with E-state index in [9.17, 15) is 0 Å². The summed E-state index contributed by atoms with van der Waals surface area (Å²) < 4.78 is 7.27. The molecule has 2 aliphatic rings. The largest absolute Gasteiger partial charge is 0.489 e. The Labute approximate surface area is 134 Å². The lowest BCUT2D eigenvalue weighted by Gasteiger charge is -2.39. The minimum Gasteiger partial charge on any atom is -0.489 e. The van der Waals surface area contributed by atoms with Crippen molar-refractivity contribution in [2.24, 2.45) is 22.5 Å². The normalized spacial score (nSPS) is 33.1. The van der Waals surface area contributed by atoms with Crippen molar-refractivity contribution in [2.75, 3.05) is 0 Å². The standard InChI is InChI=1S/C17H23BrN2O/c1-16(2)10-6-7-17(16,3)14(8-10)21-13-5-4-11(18)9-12(13)15(19)20/h4-5,9-10,14H,6-8H2,1-3H3,(H3,19,20). The van der Waals surface area contributed by atoms with Gasteiger partial charge in [-0.2, -0.15) is 0 Å². The maximum absolute atomic E-state index is 7.75. The highest BCUT2D eigenvalue weighted by Gasteiger charge is 2.62. The molecule has 0 aliphatic heterocycles. The van der Waals surface area contributed by atoms with Crippen LogP contribution < -0.4 is 10.5 Å². The lowest BCUT2D eigenvalue weighted by molar-refractivity contribution is 0.0300. The molecule has 2 aliphatic carbocycles. The van der Waals surface area contributed by atoms with Crippen molar-refractivity contribution in [3.8, 4) is 5.75 Å². The Morgan fingerprint density at radius 2 is 2.10 bits per heavy atom. The summed E-state index contributed by atoms with van der Waals surface area (Å²) in [6, 6.07) is 5.73. The Morgan fingerprint density at radius 3 is 2.62 bits per heavy atom. The van der Waals surface area contributed by atoms with Gasteiger partial charge in [0.2, 0.25) is 0 Å². The number of benzene rings is 1. The average Bonchev–Trinajstić information content (AvgIpc) is 2.73. The van der Waals surface area contributed by atoms with E-state index in [1.165, 1.54) is 12.8 Å². The molecule has 114 valence electrons. The highest BCUT2D eigenvalue weighted by molar-refractivity contribution is 9.10. The van der Waals surface area contributed by atoms with Crippen LogP contribution in [-0.4, -0.2) is 11.9 Å². The van der Waals surface area contributed by atoms with Gasteiger partial charge in [0.05, 0.1) is 5.56 Å². The minimum absolute atomic E-state index is 0.0545. The fourth-order valence-electron chi connectivity index (χ4n) is 4.28. The van der Waals surface area contributed by atoms with Crippen LogP contribution >= 0.6 is 15.9 Å². The predicted octanol–water partition coefficient (Wildman–Crippen LogP) is 4.33. The topological polar surface area (TPSA) is 59.1 Å². The molecule has 1 aromatic carbocycles. The van der Waals surface area contributed by atoms with E-state index in [1.807, 2.05) is 18.2 Å². The van der Waals surface area contributed by atoms with Gasteiger partial charge in [-0.05, 0) is 48.8 Å². The molecule has 2 saturated carbocycles. The highest BCUT2D eigenvalue weighted by atomic mass is 79.9. The van der Waals surface area contributed by atoms with Crippen LogP contribution in [0.15, 0.2) is 22.7 Å². The predicted molar refractivity (Wildman–Crippen MR) is 88.8 cm³/mol. The van der Waals surface area contributed by atoms with Crippen LogP contribution in [0.1, 0.15) is 45.6 Å². The molecule has 3 N–H and O–H groups in total. The van der Waals surface area contributed by atoms with Crippen molar-refractivity contribution in [1.82, 2.24) is 0 Å². The van der Waals surface area contributed by atoms with Gasteiger partial charge < -0.3 is 10.5 Å². The van der Waals surface area contributed by atoms with Gasteiger partial charge in [-0.25, -0.2) is 0 Å². The molecule has 0 spiro atoms. The first-order valence-electron chi connectivity index (χ1n) is 7.56. The molecule has 1 aromatic rings. The van der Waals surface area contributed by atoms with Gasteiger partial charge in [0.25, 0.3) is 0 Å². The molecule has 0 aromatic heterocycles. The molecule has 4 heteroatoms. The summed E-state index contributed by atoms with van der Waals surface area (Å²) in [4.78, 5) is 0. The number of rotatable bonds is 3. The molecule has 3 atom stereocenters. The van der Waals surface area contributed by atoms with Crippen LogP contribution in [0.5, 0.6) is 5.75 Å². The molecule has 0 amide bonds. The number of nitrogens with one attached hydrogen (secondary N) is 1.